The monoisotopic (exact) mass is 285 g/mol. The summed E-state index contributed by atoms with van der Waals surface area (Å²) in [5.74, 6) is 0.387. The topological polar surface area (TPSA) is 21.3 Å². The molecular formula is C15H21ClFNO. The maximum atomic E-state index is 14.0. The van der Waals surface area contributed by atoms with Gasteiger partial charge in [-0.05, 0) is 43.9 Å². The molecule has 1 heterocycles. The molecule has 1 aromatic carbocycles. The molecule has 1 fully saturated rings. The van der Waals surface area contributed by atoms with E-state index < -0.39 is 0 Å². The molecule has 2 nitrogen and oxygen atoms in total. The molecule has 1 atom stereocenters. The molecule has 1 unspecified atom stereocenters. The van der Waals surface area contributed by atoms with Gasteiger partial charge in [0, 0.05) is 29.8 Å². The van der Waals surface area contributed by atoms with E-state index in [0.717, 1.165) is 44.6 Å². The fourth-order valence-electron chi connectivity index (χ4n) is 2.67. The minimum Gasteiger partial charge on any atom is -0.381 e. The number of benzene rings is 1. The van der Waals surface area contributed by atoms with Crippen LogP contribution in [-0.4, -0.2) is 19.8 Å². The third-order valence-corrected chi connectivity index (χ3v) is 3.93. The molecule has 2 rings (SSSR count). The number of halogens is 2. The van der Waals surface area contributed by atoms with Crippen LogP contribution in [0.15, 0.2) is 18.2 Å². The van der Waals surface area contributed by atoms with E-state index in [1.165, 1.54) is 6.07 Å². The SMILES string of the molecule is CCNC(CC1CCOCC1)c1ccc(Cl)cc1F. The number of hydrogen-bond donors (Lipinski definition) is 1. The molecular weight excluding hydrogens is 265 g/mol. The van der Waals surface area contributed by atoms with Gasteiger partial charge in [-0.15, -0.1) is 0 Å². The van der Waals surface area contributed by atoms with Crippen LogP contribution in [0.3, 0.4) is 0 Å². The number of hydrogen-bond acceptors (Lipinski definition) is 2. The standard InChI is InChI=1S/C15H21ClFNO/c1-2-18-15(9-11-5-7-19-8-6-11)13-4-3-12(16)10-14(13)17/h3-4,10-11,15,18H,2,5-9H2,1H3. The van der Waals surface area contributed by atoms with E-state index in [-0.39, 0.29) is 11.9 Å². The first-order valence-electron chi connectivity index (χ1n) is 6.96. The maximum absolute atomic E-state index is 14.0. The third kappa shape index (κ3) is 4.16. The Morgan fingerprint density at radius 3 is 2.79 bits per heavy atom. The van der Waals surface area contributed by atoms with Crippen molar-refractivity contribution in [1.29, 1.82) is 0 Å². The smallest absolute Gasteiger partial charge is 0.129 e. The van der Waals surface area contributed by atoms with E-state index >= 15 is 0 Å². The van der Waals surface area contributed by atoms with Crippen LogP contribution >= 0.6 is 11.6 Å². The minimum atomic E-state index is -0.217. The third-order valence-electron chi connectivity index (χ3n) is 3.70. The molecule has 1 saturated heterocycles. The van der Waals surface area contributed by atoms with Crippen molar-refractivity contribution in [2.24, 2.45) is 5.92 Å². The molecule has 0 radical (unpaired) electrons. The number of ether oxygens (including phenoxy) is 1. The summed E-state index contributed by atoms with van der Waals surface area (Å²) in [6, 6.07) is 5.01. The summed E-state index contributed by atoms with van der Waals surface area (Å²) in [6.07, 6.45) is 3.09. The summed E-state index contributed by atoms with van der Waals surface area (Å²) < 4.78 is 19.4. The molecule has 1 aromatic rings. The molecule has 1 N–H and O–H groups in total. The lowest BCUT2D eigenvalue weighted by Gasteiger charge is -2.27. The quantitative estimate of drug-likeness (QED) is 0.884. The lowest BCUT2D eigenvalue weighted by molar-refractivity contribution is 0.0604. The largest absolute Gasteiger partial charge is 0.381 e. The summed E-state index contributed by atoms with van der Waals surface area (Å²) in [5, 5.41) is 3.83. The Balaban J connectivity index is 2.09. The molecule has 19 heavy (non-hydrogen) atoms. The van der Waals surface area contributed by atoms with Gasteiger partial charge in [-0.25, -0.2) is 4.39 Å². The molecule has 0 amide bonds. The zero-order valence-electron chi connectivity index (χ0n) is 11.3. The normalized spacial score (nSPS) is 18.5. The zero-order chi connectivity index (χ0) is 13.7. The summed E-state index contributed by atoms with van der Waals surface area (Å²) in [5.41, 5.74) is 0.720. The summed E-state index contributed by atoms with van der Waals surface area (Å²) in [7, 11) is 0. The van der Waals surface area contributed by atoms with Crippen LogP contribution in [0.4, 0.5) is 4.39 Å². The second-order valence-corrected chi connectivity index (χ2v) is 5.50. The Labute approximate surface area is 119 Å². The predicted octanol–water partition coefficient (Wildman–Crippen LogP) is 3.95. The van der Waals surface area contributed by atoms with Gasteiger partial charge < -0.3 is 10.1 Å². The van der Waals surface area contributed by atoms with E-state index in [1.54, 1.807) is 12.1 Å². The van der Waals surface area contributed by atoms with E-state index in [2.05, 4.69) is 5.32 Å². The average molecular weight is 286 g/mol. The zero-order valence-corrected chi connectivity index (χ0v) is 12.0. The molecule has 0 aliphatic carbocycles. The molecule has 1 aliphatic heterocycles. The van der Waals surface area contributed by atoms with E-state index in [9.17, 15) is 4.39 Å². The van der Waals surface area contributed by atoms with Crippen molar-refractivity contribution in [2.75, 3.05) is 19.8 Å². The van der Waals surface area contributed by atoms with Crippen LogP contribution in [0.25, 0.3) is 0 Å². The van der Waals surface area contributed by atoms with Crippen molar-refractivity contribution in [3.63, 3.8) is 0 Å². The van der Waals surface area contributed by atoms with Crippen molar-refractivity contribution in [1.82, 2.24) is 5.32 Å². The van der Waals surface area contributed by atoms with Crippen molar-refractivity contribution < 1.29 is 9.13 Å². The molecule has 106 valence electrons. The van der Waals surface area contributed by atoms with E-state index in [4.69, 9.17) is 16.3 Å². The lowest BCUT2D eigenvalue weighted by Crippen LogP contribution is -2.27. The molecule has 4 heteroatoms. The van der Waals surface area contributed by atoms with Gasteiger partial charge in [0.25, 0.3) is 0 Å². The van der Waals surface area contributed by atoms with Gasteiger partial charge in [-0.2, -0.15) is 0 Å². The van der Waals surface area contributed by atoms with Gasteiger partial charge in [0.1, 0.15) is 5.82 Å². The van der Waals surface area contributed by atoms with Crippen molar-refractivity contribution in [3.05, 3.63) is 34.6 Å². The summed E-state index contributed by atoms with van der Waals surface area (Å²) in [4.78, 5) is 0. The Morgan fingerprint density at radius 1 is 1.42 bits per heavy atom. The van der Waals surface area contributed by atoms with Crippen LogP contribution in [-0.2, 0) is 4.74 Å². The fourth-order valence-corrected chi connectivity index (χ4v) is 2.82. The van der Waals surface area contributed by atoms with Crippen LogP contribution in [0.1, 0.15) is 37.8 Å². The molecule has 1 aliphatic rings. The Hall–Kier alpha value is -0.640. The lowest BCUT2D eigenvalue weighted by atomic mass is 9.89. The minimum absolute atomic E-state index is 0.0605. The summed E-state index contributed by atoms with van der Waals surface area (Å²) in [6.45, 7) is 4.53. The fraction of sp³-hybridized carbons (Fsp3) is 0.600. The number of rotatable bonds is 5. The highest BCUT2D eigenvalue weighted by atomic mass is 35.5. The molecule has 0 spiro atoms. The molecule has 0 bridgehead atoms. The Kier molecular flexibility index (Phi) is 5.61. The average Bonchev–Trinajstić information content (AvgIpc) is 2.39. The first-order chi connectivity index (χ1) is 9.20. The maximum Gasteiger partial charge on any atom is 0.129 e. The highest BCUT2D eigenvalue weighted by molar-refractivity contribution is 6.30. The highest BCUT2D eigenvalue weighted by Crippen LogP contribution is 2.29. The first-order valence-corrected chi connectivity index (χ1v) is 7.34. The van der Waals surface area contributed by atoms with Crippen LogP contribution < -0.4 is 5.32 Å². The van der Waals surface area contributed by atoms with Crippen molar-refractivity contribution in [3.8, 4) is 0 Å². The molecule has 0 saturated carbocycles. The van der Waals surface area contributed by atoms with Crippen molar-refractivity contribution in [2.45, 2.75) is 32.2 Å². The van der Waals surface area contributed by atoms with Gasteiger partial charge in [-0.1, -0.05) is 24.6 Å². The summed E-state index contributed by atoms with van der Waals surface area (Å²) >= 11 is 5.81. The first kappa shape index (κ1) is 14.8. The van der Waals surface area contributed by atoms with Gasteiger partial charge in [0.15, 0.2) is 0 Å². The predicted molar refractivity (Wildman–Crippen MR) is 76.0 cm³/mol. The number of nitrogens with one attached hydrogen (secondary N) is 1. The van der Waals surface area contributed by atoms with Gasteiger partial charge in [0.2, 0.25) is 0 Å². The Morgan fingerprint density at radius 2 is 2.16 bits per heavy atom. The van der Waals surface area contributed by atoms with Gasteiger partial charge >= 0.3 is 0 Å². The van der Waals surface area contributed by atoms with Gasteiger partial charge in [0.05, 0.1) is 0 Å². The van der Waals surface area contributed by atoms with E-state index in [0.29, 0.717) is 10.9 Å². The highest BCUT2D eigenvalue weighted by Gasteiger charge is 2.22. The van der Waals surface area contributed by atoms with Crippen molar-refractivity contribution >= 4 is 11.6 Å². The van der Waals surface area contributed by atoms with Crippen LogP contribution in [0, 0.1) is 11.7 Å². The second kappa shape index (κ2) is 7.22. The molecule has 0 aromatic heterocycles. The van der Waals surface area contributed by atoms with Crippen LogP contribution in [0.5, 0.6) is 0 Å². The van der Waals surface area contributed by atoms with Crippen LogP contribution in [0.2, 0.25) is 5.02 Å². The van der Waals surface area contributed by atoms with Gasteiger partial charge in [-0.3, -0.25) is 0 Å². The Bertz CT molecular complexity index is 407. The van der Waals surface area contributed by atoms with E-state index in [1.807, 2.05) is 6.92 Å². The second-order valence-electron chi connectivity index (χ2n) is 5.07.